The average Bonchev–Trinajstić information content (AvgIpc) is 3.20. The monoisotopic (exact) mass is 507 g/mol. The van der Waals surface area contributed by atoms with E-state index in [1.807, 2.05) is 36.4 Å². The maximum Gasteiger partial charge on any atom is 0.341 e. The number of rotatable bonds is 7. The number of hydrogen-bond acceptors (Lipinski definition) is 5. The van der Waals surface area contributed by atoms with Crippen LogP contribution in [0, 0.1) is 11.3 Å². The summed E-state index contributed by atoms with van der Waals surface area (Å²) in [4.78, 5) is 28.4. The van der Waals surface area contributed by atoms with E-state index < -0.39 is 0 Å². The molecule has 184 valence electrons. The SMILES string of the molecule is COC(=O)c1c(NC(=O)CC(Sc2ccccc2)c2ccccc2)sc2c1CCC(C(C)(C)C)C2. The minimum atomic E-state index is -0.370. The van der Waals surface area contributed by atoms with E-state index >= 15 is 0 Å². The lowest BCUT2D eigenvalue weighted by Gasteiger charge is -2.33. The highest BCUT2D eigenvalue weighted by Gasteiger charge is 2.34. The molecule has 0 fully saturated rings. The number of benzene rings is 2. The fourth-order valence-corrected chi connectivity index (χ4v) is 7.14. The molecule has 1 aromatic heterocycles. The van der Waals surface area contributed by atoms with E-state index in [2.05, 4.69) is 50.4 Å². The lowest BCUT2D eigenvalue weighted by Crippen LogP contribution is -2.26. The Hall–Kier alpha value is -2.57. The first-order valence-corrected chi connectivity index (χ1v) is 13.7. The highest BCUT2D eigenvalue weighted by molar-refractivity contribution is 7.99. The Morgan fingerprint density at radius 2 is 1.74 bits per heavy atom. The van der Waals surface area contributed by atoms with Gasteiger partial charge in [-0.15, -0.1) is 23.1 Å². The molecule has 2 aromatic carbocycles. The number of hydrogen-bond donors (Lipinski definition) is 1. The third kappa shape index (κ3) is 6.17. The van der Waals surface area contributed by atoms with E-state index in [1.165, 1.54) is 12.0 Å². The number of carbonyl (C=O) groups excluding carboxylic acids is 2. The van der Waals surface area contributed by atoms with Crippen molar-refractivity contribution in [3.8, 4) is 0 Å². The molecule has 35 heavy (non-hydrogen) atoms. The van der Waals surface area contributed by atoms with Crippen LogP contribution in [0.1, 0.15) is 65.2 Å². The predicted molar refractivity (Wildman–Crippen MR) is 145 cm³/mol. The minimum Gasteiger partial charge on any atom is -0.465 e. The van der Waals surface area contributed by atoms with Crippen LogP contribution in [0.15, 0.2) is 65.6 Å². The smallest absolute Gasteiger partial charge is 0.341 e. The summed E-state index contributed by atoms with van der Waals surface area (Å²) in [5.41, 5.74) is 2.90. The molecule has 1 aliphatic rings. The first-order valence-electron chi connectivity index (χ1n) is 12.1. The number of thiophene rings is 1. The van der Waals surface area contributed by atoms with E-state index in [4.69, 9.17) is 4.74 Å². The summed E-state index contributed by atoms with van der Waals surface area (Å²) < 4.78 is 5.12. The van der Waals surface area contributed by atoms with Gasteiger partial charge in [0.15, 0.2) is 0 Å². The number of amides is 1. The summed E-state index contributed by atoms with van der Waals surface area (Å²) in [7, 11) is 1.40. The van der Waals surface area contributed by atoms with E-state index in [0.29, 0.717) is 22.9 Å². The van der Waals surface area contributed by atoms with E-state index in [0.717, 1.165) is 35.3 Å². The van der Waals surface area contributed by atoms with Crippen molar-refractivity contribution in [3.63, 3.8) is 0 Å². The number of ether oxygens (including phenoxy) is 1. The van der Waals surface area contributed by atoms with Gasteiger partial charge in [0.05, 0.1) is 12.7 Å². The van der Waals surface area contributed by atoms with Gasteiger partial charge in [-0.2, -0.15) is 0 Å². The van der Waals surface area contributed by atoms with Crippen molar-refractivity contribution in [1.29, 1.82) is 0 Å². The molecule has 2 unspecified atom stereocenters. The van der Waals surface area contributed by atoms with Gasteiger partial charge in [0.25, 0.3) is 0 Å². The van der Waals surface area contributed by atoms with Crippen LogP contribution in [-0.4, -0.2) is 19.0 Å². The molecule has 1 N–H and O–H groups in total. The van der Waals surface area contributed by atoms with Gasteiger partial charge in [-0.25, -0.2) is 4.79 Å². The number of thioether (sulfide) groups is 1. The van der Waals surface area contributed by atoms with E-state index in [9.17, 15) is 9.59 Å². The Bertz CT molecular complexity index is 1170. The number of esters is 1. The molecule has 0 saturated carbocycles. The summed E-state index contributed by atoms with van der Waals surface area (Å²) in [6, 6.07) is 20.2. The Balaban J connectivity index is 1.57. The van der Waals surface area contributed by atoms with Crippen molar-refractivity contribution in [1.82, 2.24) is 0 Å². The van der Waals surface area contributed by atoms with Gasteiger partial charge in [-0.3, -0.25) is 4.79 Å². The summed E-state index contributed by atoms with van der Waals surface area (Å²) in [6.45, 7) is 6.82. The summed E-state index contributed by atoms with van der Waals surface area (Å²) in [6.07, 6.45) is 3.11. The number of methoxy groups -OCH3 is 1. The van der Waals surface area contributed by atoms with Crippen molar-refractivity contribution < 1.29 is 14.3 Å². The molecule has 1 heterocycles. The molecule has 0 saturated heterocycles. The Labute approximate surface area is 216 Å². The Morgan fingerprint density at radius 3 is 2.37 bits per heavy atom. The van der Waals surface area contributed by atoms with Crippen LogP contribution in [0.2, 0.25) is 0 Å². The van der Waals surface area contributed by atoms with Crippen molar-refractivity contribution in [2.24, 2.45) is 11.3 Å². The van der Waals surface area contributed by atoms with Crippen LogP contribution in [0.3, 0.4) is 0 Å². The second-order valence-corrected chi connectivity index (χ2v) is 12.5. The molecule has 1 amide bonds. The van der Waals surface area contributed by atoms with Gasteiger partial charge in [-0.05, 0) is 53.9 Å². The molecular weight excluding hydrogens is 474 g/mol. The lowest BCUT2D eigenvalue weighted by atomic mass is 9.72. The summed E-state index contributed by atoms with van der Waals surface area (Å²) in [5.74, 6) is 0.0797. The Morgan fingerprint density at radius 1 is 1.09 bits per heavy atom. The largest absolute Gasteiger partial charge is 0.465 e. The van der Waals surface area contributed by atoms with E-state index in [1.54, 1.807) is 23.1 Å². The van der Waals surface area contributed by atoms with Crippen LogP contribution in [0.5, 0.6) is 0 Å². The van der Waals surface area contributed by atoms with E-state index in [-0.39, 0.29) is 22.5 Å². The molecule has 4 nitrogen and oxygen atoms in total. The zero-order chi connectivity index (χ0) is 25.0. The molecular formula is C29H33NO3S2. The number of carbonyl (C=O) groups is 2. The molecule has 0 spiro atoms. The van der Waals surface area contributed by atoms with Crippen molar-refractivity contribution in [2.75, 3.05) is 12.4 Å². The molecule has 3 aromatic rings. The Kier molecular flexibility index (Phi) is 8.02. The second-order valence-electron chi connectivity index (χ2n) is 10.1. The summed E-state index contributed by atoms with van der Waals surface area (Å²) in [5, 5.41) is 3.67. The van der Waals surface area contributed by atoms with Crippen LogP contribution >= 0.6 is 23.1 Å². The quantitative estimate of drug-likeness (QED) is 0.265. The first-order chi connectivity index (χ1) is 16.8. The molecule has 4 rings (SSSR count). The van der Waals surface area contributed by atoms with Crippen molar-refractivity contribution in [2.45, 2.75) is 56.6 Å². The van der Waals surface area contributed by atoms with Gasteiger partial charge >= 0.3 is 5.97 Å². The maximum absolute atomic E-state index is 13.3. The zero-order valence-electron chi connectivity index (χ0n) is 20.8. The van der Waals surface area contributed by atoms with Crippen LogP contribution < -0.4 is 5.32 Å². The molecule has 0 radical (unpaired) electrons. The highest BCUT2D eigenvalue weighted by Crippen LogP contribution is 2.45. The fourth-order valence-electron chi connectivity index (χ4n) is 4.64. The molecule has 2 atom stereocenters. The topological polar surface area (TPSA) is 55.4 Å². The average molecular weight is 508 g/mol. The van der Waals surface area contributed by atoms with Crippen LogP contribution in [-0.2, 0) is 22.4 Å². The minimum absolute atomic E-state index is 0.0416. The standard InChI is InChI=1S/C29H33NO3S2/c1-29(2,3)20-15-16-22-24(17-20)35-27(26(22)28(32)33-4)30-25(31)18-23(19-11-7-5-8-12-19)34-21-13-9-6-10-14-21/h5-14,20,23H,15-18H2,1-4H3,(H,30,31). The fraction of sp³-hybridized carbons (Fsp3) is 0.379. The van der Waals surface area contributed by atoms with Crippen molar-refractivity contribution in [3.05, 3.63) is 82.2 Å². The summed E-state index contributed by atoms with van der Waals surface area (Å²) >= 11 is 3.22. The van der Waals surface area contributed by atoms with Gasteiger partial charge in [0.1, 0.15) is 5.00 Å². The van der Waals surface area contributed by atoms with Gasteiger partial charge < -0.3 is 10.1 Å². The van der Waals surface area contributed by atoms with Gasteiger partial charge in [0, 0.05) is 21.4 Å². The number of fused-ring (bicyclic) bond motifs is 1. The maximum atomic E-state index is 13.3. The van der Waals surface area contributed by atoms with Gasteiger partial charge in [-0.1, -0.05) is 69.3 Å². The van der Waals surface area contributed by atoms with Crippen LogP contribution in [0.4, 0.5) is 5.00 Å². The predicted octanol–water partition coefficient (Wildman–Crippen LogP) is 7.55. The normalized spacial score (nSPS) is 16.3. The van der Waals surface area contributed by atoms with Gasteiger partial charge in [0.2, 0.25) is 5.91 Å². The second kappa shape index (κ2) is 11.0. The highest BCUT2D eigenvalue weighted by atomic mass is 32.2. The third-order valence-electron chi connectivity index (χ3n) is 6.70. The molecule has 6 heteroatoms. The lowest BCUT2D eigenvalue weighted by molar-refractivity contribution is -0.116. The third-order valence-corrected chi connectivity index (χ3v) is 9.13. The van der Waals surface area contributed by atoms with Crippen LogP contribution in [0.25, 0.3) is 0 Å². The molecule has 1 aliphatic carbocycles. The van der Waals surface area contributed by atoms with Crippen molar-refractivity contribution >= 4 is 40.0 Å². The first kappa shape index (κ1) is 25.5. The molecule has 0 aliphatic heterocycles. The number of anilines is 1. The molecule has 0 bridgehead atoms. The number of nitrogens with one attached hydrogen (secondary N) is 1. The zero-order valence-corrected chi connectivity index (χ0v) is 22.4.